The second kappa shape index (κ2) is 4.99. The van der Waals surface area contributed by atoms with Crippen molar-refractivity contribution in [1.82, 2.24) is 5.32 Å². The first-order chi connectivity index (χ1) is 7.33. The van der Waals surface area contributed by atoms with Crippen molar-refractivity contribution in [3.05, 3.63) is 35.1 Å². The van der Waals surface area contributed by atoms with E-state index in [-0.39, 0.29) is 5.82 Å². The van der Waals surface area contributed by atoms with Gasteiger partial charge in [0.25, 0.3) is 0 Å². The number of piperidine rings is 1. The van der Waals surface area contributed by atoms with Gasteiger partial charge in [-0.05, 0) is 49.0 Å². The van der Waals surface area contributed by atoms with Gasteiger partial charge in [0.05, 0.1) is 0 Å². The molecule has 82 valence electrons. The monoisotopic (exact) mass is 225 g/mol. The van der Waals surface area contributed by atoms with E-state index < -0.39 is 0 Å². The summed E-state index contributed by atoms with van der Waals surface area (Å²) < 4.78 is 13.8. The lowest BCUT2D eigenvalue weighted by atomic mass is 9.87. The average Bonchev–Trinajstić information content (AvgIpc) is 2.29. The van der Waals surface area contributed by atoms with E-state index in [1.807, 2.05) is 6.07 Å². The summed E-state index contributed by atoms with van der Waals surface area (Å²) in [7, 11) is 0. The van der Waals surface area contributed by atoms with E-state index in [0.29, 0.717) is 11.7 Å². The standard InChI is InChI=1S/C12H16FNS/c13-11-3-1-2-10(8-15)12(11)9-4-6-14-7-5-9/h1-3,9,14-15H,4-8H2. The zero-order valence-electron chi connectivity index (χ0n) is 8.67. The molecule has 2 rings (SSSR count). The molecule has 0 saturated carbocycles. The van der Waals surface area contributed by atoms with Crippen LogP contribution in [0, 0.1) is 5.82 Å². The van der Waals surface area contributed by atoms with E-state index in [9.17, 15) is 4.39 Å². The lowest BCUT2D eigenvalue weighted by Gasteiger charge is -2.25. The van der Waals surface area contributed by atoms with Crippen LogP contribution in [-0.2, 0) is 5.75 Å². The molecular weight excluding hydrogens is 209 g/mol. The molecule has 0 spiro atoms. The molecule has 1 aliphatic heterocycles. The van der Waals surface area contributed by atoms with E-state index >= 15 is 0 Å². The Morgan fingerprint density at radius 2 is 2.07 bits per heavy atom. The van der Waals surface area contributed by atoms with Gasteiger partial charge in [-0.1, -0.05) is 12.1 Å². The molecule has 1 nitrogen and oxygen atoms in total. The second-order valence-corrected chi connectivity index (χ2v) is 4.31. The lowest BCUT2D eigenvalue weighted by Crippen LogP contribution is -2.27. The minimum atomic E-state index is -0.0616. The van der Waals surface area contributed by atoms with E-state index in [0.717, 1.165) is 37.1 Å². The molecule has 0 atom stereocenters. The second-order valence-electron chi connectivity index (χ2n) is 4.00. The first-order valence-electron chi connectivity index (χ1n) is 5.42. The van der Waals surface area contributed by atoms with Gasteiger partial charge in [-0.25, -0.2) is 4.39 Å². The molecule has 1 fully saturated rings. The molecule has 1 heterocycles. The highest BCUT2D eigenvalue weighted by Crippen LogP contribution is 2.30. The third-order valence-electron chi connectivity index (χ3n) is 3.06. The van der Waals surface area contributed by atoms with Gasteiger partial charge in [0.1, 0.15) is 5.82 Å². The molecule has 0 aliphatic carbocycles. The fourth-order valence-corrected chi connectivity index (χ4v) is 2.56. The van der Waals surface area contributed by atoms with Gasteiger partial charge in [0.2, 0.25) is 0 Å². The molecule has 0 bridgehead atoms. The first kappa shape index (κ1) is 11.0. The number of halogens is 1. The molecule has 3 heteroatoms. The third-order valence-corrected chi connectivity index (χ3v) is 3.40. The van der Waals surface area contributed by atoms with Crippen molar-refractivity contribution in [2.24, 2.45) is 0 Å². The van der Waals surface area contributed by atoms with Crippen molar-refractivity contribution in [1.29, 1.82) is 0 Å². The Balaban J connectivity index is 2.31. The van der Waals surface area contributed by atoms with Crippen molar-refractivity contribution in [2.75, 3.05) is 13.1 Å². The zero-order valence-corrected chi connectivity index (χ0v) is 9.56. The van der Waals surface area contributed by atoms with Crippen LogP contribution in [0.3, 0.4) is 0 Å². The summed E-state index contributed by atoms with van der Waals surface area (Å²) in [5.74, 6) is 0.930. The minimum Gasteiger partial charge on any atom is -0.317 e. The smallest absolute Gasteiger partial charge is 0.126 e. The molecule has 1 aliphatic rings. The number of nitrogens with one attached hydrogen (secondary N) is 1. The maximum absolute atomic E-state index is 13.8. The maximum Gasteiger partial charge on any atom is 0.126 e. The Morgan fingerprint density at radius 3 is 2.73 bits per heavy atom. The maximum atomic E-state index is 13.8. The Morgan fingerprint density at radius 1 is 1.33 bits per heavy atom. The van der Waals surface area contributed by atoms with Crippen LogP contribution in [0.1, 0.15) is 29.9 Å². The summed E-state index contributed by atoms with van der Waals surface area (Å²) in [6.45, 7) is 1.98. The Kier molecular flexibility index (Phi) is 3.65. The highest BCUT2D eigenvalue weighted by Gasteiger charge is 2.20. The van der Waals surface area contributed by atoms with Crippen LogP contribution in [0.5, 0.6) is 0 Å². The van der Waals surface area contributed by atoms with Crippen molar-refractivity contribution < 1.29 is 4.39 Å². The summed E-state index contributed by atoms with van der Waals surface area (Å²) in [6.07, 6.45) is 2.06. The van der Waals surface area contributed by atoms with Crippen LogP contribution in [0.2, 0.25) is 0 Å². The number of thiol groups is 1. The Labute approximate surface area is 95.5 Å². The predicted octanol–water partition coefficient (Wildman–Crippen LogP) is 2.72. The number of rotatable bonds is 2. The molecular formula is C12H16FNS. The molecule has 15 heavy (non-hydrogen) atoms. The van der Waals surface area contributed by atoms with Crippen molar-refractivity contribution in [3.63, 3.8) is 0 Å². The molecule has 1 aromatic rings. The first-order valence-corrected chi connectivity index (χ1v) is 6.05. The van der Waals surface area contributed by atoms with Crippen LogP contribution in [0.4, 0.5) is 4.39 Å². The fraction of sp³-hybridized carbons (Fsp3) is 0.500. The van der Waals surface area contributed by atoms with Crippen LogP contribution >= 0.6 is 12.6 Å². The SMILES string of the molecule is Fc1cccc(CS)c1C1CCNCC1. The molecule has 0 aromatic heterocycles. The quantitative estimate of drug-likeness (QED) is 0.738. The van der Waals surface area contributed by atoms with Gasteiger partial charge >= 0.3 is 0 Å². The van der Waals surface area contributed by atoms with E-state index in [2.05, 4.69) is 17.9 Å². The van der Waals surface area contributed by atoms with Crippen LogP contribution in [-0.4, -0.2) is 13.1 Å². The molecule has 1 N–H and O–H groups in total. The minimum absolute atomic E-state index is 0.0616. The van der Waals surface area contributed by atoms with Gasteiger partial charge < -0.3 is 5.32 Å². The molecule has 0 radical (unpaired) electrons. The summed E-state index contributed by atoms with van der Waals surface area (Å²) >= 11 is 4.26. The number of hydrogen-bond acceptors (Lipinski definition) is 2. The van der Waals surface area contributed by atoms with Crippen LogP contribution in [0.15, 0.2) is 18.2 Å². The normalized spacial score (nSPS) is 18.0. The van der Waals surface area contributed by atoms with E-state index in [1.54, 1.807) is 12.1 Å². The molecule has 1 aromatic carbocycles. The third kappa shape index (κ3) is 2.34. The highest BCUT2D eigenvalue weighted by molar-refractivity contribution is 7.79. The summed E-state index contributed by atoms with van der Waals surface area (Å²) in [6, 6.07) is 5.31. The predicted molar refractivity (Wildman–Crippen MR) is 63.9 cm³/mol. The summed E-state index contributed by atoms with van der Waals surface area (Å²) in [5, 5.41) is 3.30. The van der Waals surface area contributed by atoms with E-state index in [4.69, 9.17) is 0 Å². The molecule has 0 unspecified atom stereocenters. The van der Waals surface area contributed by atoms with Crippen molar-refractivity contribution >= 4 is 12.6 Å². The highest BCUT2D eigenvalue weighted by atomic mass is 32.1. The average molecular weight is 225 g/mol. The topological polar surface area (TPSA) is 12.0 Å². The van der Waals surface area contributed by atoms with Crippen LogP contribution < -0.4 is 5.32 Å². The number of benzene rings is 1. The van der Waals surface area contributed by atoms with Crippen molar-refractivity contribution in [3.8, 4) is 0 Å². The zero-order chi connectivity index (χ0) is 10.7. The van der Waals surface area contributed by atoms with Crippen LogP contribution in [0.25, 0.3) is 0 Å². The van der Waals surface area contributed by atoms with Gasteiger partial charge in [-0.3, -0.25) is 0 Å². The van der Waals surface area contributed by atoms with Gasteiger partial charge in [-0.15, -0.1) is 0 Å². The van der Waals surface area contributed by atoms with Gasteiger partial charge in [0.15, 0.2) is 0 Å². The summed E-state index contributed by atoms with van der Waals surface area (Å²) in [5.41, 5.74) is 1.94. The largest absolute Gasteiger partial charge is 0.317 e. The Bertz CT molecular complexity index is 334. The van der Waals surface area contributed by atoms with Crippen molar-refractivity contribution in [2.45, 2.75) is 24.5 Å². The Hall–Kier alpha value is -0.540. The molecule has 0 amide bonds. The van der Waals surface area contributed by atoms with E-state index in [1.165, 1.54) is 0 Å². The summed E-state index contributed by atoms with van der Waals surface area (Å²) in [4.78, 5) is 0. The fourth-order valence-electron chi connectivity index (χ4n) is 2.29. The lowest BCUT2D eigenvalue weighted by molar-refractivity contribution is 0.443. The number of hydrogen-bond donors (Lipinski definition) is 2. The van der Waals surface area contributed by atoms with Gasteiger partial charge in [0, 0.05) is 5.75 Å². The van der Waals surface area contributed by atoms with Gasteiger partial charge in [-0.2, -0.15) is 12.6 Å². The molecule has 1 saturated heterocycles.